The number of thiophene rings is 1. The summed E-state index contributed by atoms with van der Waals surface area (Å²) in [5, 5.41) is 6.78. The van der Waals surface area contributed by atoms with E-state index in [0.29, 0.717) is 0 Å². The molecule has 2 amide bonds. The number of ether oxygens (including phenoxy) is 1. The minimum absolute atomic E-state index is 0.204. The lowest BCUT2D eigenvalue weighted by Gasteiger charge is -2.34. The maximum Gasteiger partial charge on any atom is 0.331 e. The van der Waals surface area contributed by atoms with Gasteiger partial charge in [-0.3, -0.25) is 9.59 Å². The second-order valence-corrected chi connectivity index (χ2v) is 4.84. The fourth-order valence-corrected chi connectivity index (χ4v) is 2.35. The monoisotopic (exact) mass is 268 g/mol. The SMILES string of the molecule is COC(=O)[C@H]1NC(=O)[C@H]1NC(=O)Cc1cccs1. The second kappa shape index (κ2) is 5.18. The average molecular weight is 268 g/mol. The van der Waals surface area contributed by atoms with Crippen LogP contribution in [0.15, 0.2) is 17.5 Å². The van der Waals surface area contributed by atoms with Crippen molar-refractivity contribution in [2.24, 2.45) is 0 Å². The molecule has 1 aliphatic heterocycles. The summed E-state index contributed by atoms with van der Waals surface area (Å²) in [5.74, 6) is -1.22. The van der Waals surface area contributed by atoms with Crippen molar-refractivity contribution in [2.75, 3.05) is 7.11 Å². The number of amides is 2. The van der Waals surface area contributed by atoms with Crippen LogP contribution in [0.25, 0.3) is 0 Å². The maximum absolute atomic E-state index is 11.7. The number of esters is 1. The van der Waals surface area contributed by atoms with Gasteiger partial charge >= 0.3 is 5.97 Å². The van der Waals surface area contributed by atoms with Crippen LogP contribution in [0.2, 0.25) is 0 Å². The first kappa shape index (κ1) is 12.6. The number of β-lactam (4-membered cyclic amide) rings is 1. The van der Waals surface area contributed by atoms with Crippen LogP contribution in [-0.4, -0.2) is 37.0 Å². The van der Waals surface area contributed by atoms with Gasteiger partial charge in [-0.05, 0) is 11.4 Å². The zero-order chi connectivity index (χ0) is 13.1. The Hall–Kier alpha value is -1.89. The number of hydrogen-bond acceptors (Lipinski definition) is 5. The Morgan fingerprint density at radius 2 is 2.33 bits per heavy atom. The Labute approximate surface area is 107 Å². The fourth-order valence-electron chi connectivity index (χ4n) is 1.65. The van der Waals surface area contributed by atoms with Gasteiger partial charge in [-0.25, -0.2) is 4.79 Å². The van der Waals surface area contributed by atoms with E-state index >= 15 is 0 Å². The highest BCUT2D eigenvalue weighted by molar-refractivity contribution is 7.10. The quantitative estimate of drug-likeness (QED) is 0.566. The Bertz CT molecular complexity index is 471. The summed E-state index contributed by atoms with van der Waals surface area (Å²) in [6.07, 6.45) is 0.204. The van der Waals surface area contributed by atoms with Crippen molar-refractivity contribution in [3.05, 3.63) is 22.4 Å². The van der Waals surface area contributed by atoms with Gasteiger partial charge in [0.1, 0.15) is 6.04 Å². The van der Waals surface area contributed by atoms with Crippen molar-refractivity contribution in [2.45, 2.75) is 18.5 Å². The molecule has 0 aliphatic carbocycles. The first-order chi connectivity index (χ1) is 8.61. The van der Waals surface area contributed by atoms with Crippen LogP contribution in [-0.2, 0) is 25.5 Å². The van der Waals surface area contributed by atoms with Crippen LogP contribution in [0.5, 0.6) is 0 Å². The third-order valence-corrected chi connectivity index (χ3v) is 3.48. The molecule has 1 aromatic rings. The summed E-state index contributed by atoms with van der Waals surface area (Å²) >= 11 is 1.46. The van der Waals surface area contributed by atoms with Gasteiger partial charge in [0.05, 0.1) is 13.5 Å². The third kappa shape index (κ3) is 2.51. The molecule has 7 heteroatoms. The zero-order valence-corrected chi connectivity index (χ0v) is 10.5. The Morgan fingerprint density at radius 3 is 2.89 bits per heavy atom. The van der Waals surface area contributed by atoms with Gasteiger partial charge in [0.25, 0.3) is 0 Å². The van der Waals surface area contributed by atoms with E-state index in [0.717, 1.165) is 4.88 Å². The van der Waals surface area contributed by atoms with Gasteiger partial charge in [-0.2, -0.15) is 0 Å². The van der Waals surface area contributed by atoms with Crippen LogP contribution in [0.3, 0.4) is 0 Å². The molecule has 2 atom stereocenters. The Balaban J connectivity index is 1.90. The number of hydrogen-bond donors (Lipinski definition) is 2. The summed E-state index contributed by atoms with van der Waals surface area (Å²) in [6, 6.07) is 2.07. The predicted molar refractivity (Wildman–Crippen MR) is 63.9 cm³/mol. The van der Waals surface area contributed by atoms with Gasteiger partial charge in [0.15, 0.2) is 6.04 Å². The molecule has 0 spiro atoms. The van der Waals surface area contributed by atoms with Gasteiger partial charge in [-0.1, -0.05) is 6.07 Å². The van der Waals surface area contributed by atoms with Crippen molar-refractivity contribution in [3.8, 4) is 0 Å². The topological polar surface area (TPSA) is 84.5 Å². The molecule has 0 radical (unpaired) electrons. The number of rotatable bonds is 4. The lowest BCUT2D eigenvalue weighted by atomic mass is 9.99. The Morgan fingerprint density at radius 1 is 1.56 bits per heavy atom. The van der Waals surface area contributed by atoms with Crippen molar-refractivity contribution >= 4 is 29.1 Å². The van der Waals surface area contributed by atoms with Gasteiger partial charge in [-0.15, -0.1) is 11.3 Å². The van der Waals surface area contributed by atoms with E-state index in [4.69, 9.17) is 0 Å². The molecule has 1 fully saturated rings. The smallest absolute Gasteiger partial charge is 0.331 e. The predicted octanol–water partition coefficient (Wildman–Crippen LogP) is -0.553. The number of carbonyl (C=O) groups excluding carboxylic acids is 3. The summed E-state index contributed by atoms with van der Waals surface area (Å²) in [5.41, 5.74) is 0. The molecule has 1 saturated heterocycles. The van der Waals surface area contributed by atoms with Crippen LogP contribution in [0, 0.1) is 0 Å². The molecule has 2 rings (SSSR count). The van der Waals surface area contributed by atoms with Crippen LogP contribution in [0.1, 0.15) is 4.88 Å². The zero-order valence-electron chi connectivity index (χ0n) is 9.64. The largest absolute Gasteiger partial charge is 0.467 e. The first-order valence-electron chi connectivity index (χ1n) is 5.32. The van der Waals surface area contributed by atoms with E-state index in [1.54, 1.807) is 0 Å². The van der Waals surface area contributed by atoms with Crippen LogP contribution < -0.4 is 10.6 Å². The molecule has 2 N–H and O–H groups in total. The summed E-state index contributed by atoms with van der Waals surface area (Å²) in [6.45, 7) is 0. The van der Waals surface area contributed by atoms with E-state index in [1.165, 1.54) is 18.4 Å². The molecule has 0 saturated carbocycles. The number of carbonyl (C=O) groups is 3. The van der Waals surface area contributed by atoms with Crippen molar-refractivity contribution in [3.63, 3.8) is 0 Å². The Kier molecular flexibility index (Phi) is 3.61. The highest BCUT2D eigenvalue weighted by Gasteiger charge is 2.45. The molecule has 0 aromatic carbocycles. The highest BCUT2D eigenvalue weighted by atomic mass is 32.1. The van der Waals surface area contributed by atoms with E-state index in [-0.39, 0.29) is 18.2 Å². The van der Waals surface area contributed by atoms with Crippen LogP contribution in [0.4, 0.5) is 0 Å². The normalized spacial score (nSPS) is 21.7. The van der Waals surface area contributed by atoms with E-state index in [2.05, 4.69) is 15.4 Å². The molecule has 18 heavy (non-hydrogen) atoms. The van der Waals surface area contributed by atoms with Crippen molar-refractivity contribution < 1.29 is 19.1 Å². The fraction of sp³-hybridized carbons (Fsp3) is 0.364. The van der Waals surface area contributed by atoms with Crippen molar-refractivity contribution in [1.29, 1.82) is 0 Å². The lowest BCUT2D eigenvalue weighted by Crippen LogP contribution is -2.72. The molecule has 2 heterocycles. The minimum atomic E-state index is -0.829. The van der Waals surface area contributed by atoms with E-state index in [1.807, 2.05) is 17.5 Å². The lowest BCUT2D eigenvalue weighted by molar-refractivity contribution is -0.153. The molecule has 0 bridgehead atoms. The summed E-state index contributed by atoms with van der Waals surface area (Å²) in [4.78, 5) is 35.1. The van der Waals surface area contributed by atoms with Gasteiger partial charge in [0, 0.05) is 4.88 Å². The highest BCUT2D eigenvalue weighted by Crippen LogP contribution is 2.11. The van der Waals surface area contributed by atoms with Gasteiger partial charge in [0.2, 0.25) is 11.8 Å². The molecule has 1 aliphatic rings. The molecular formula is C11H12N2O4S. The number of nitrogens with one attached hydrogen (secondary N) is 2. The molecule has 6 nitrogen and oxygen atoms in total. The van der Waals surface area contributed by atoms with E-state index < -0.39 is 18.1 Å². The molecular weight excluding hydrogens is 256 g/mol. The first-order valence-corrected chi connectivity index (χ1v) is 6.19. The standard InChI is InChI=1S/C11H12N2O4S/c1-17-11(16)9-8(10(15)13-9)12-7(14)5-6-3-2-4-18-6/h2-4,8-9H,5H2,1H3,(H,12,14)(H,13,15)/t8-,9-/m0/s1. The molecule has 1 aromatic heterocycles. The summed E-state index contributed by atoms with van der Waals surface area (Å²) in [7, 11) is 1.23. The third-order valence-electron chi connectivity index (χ3n) is 2.60. The van der Waals surface area contributed by atoms with Crippen molar-refractivity contribution in [1.82, 2.24) is 10.6 Å². The average Bonchev–Trinajstić information content (AvgIpc) is 2.85. The number of methoxy groups -OCH3 is 1. The molecule has 0 unspecified atom stereocenters. The van der Waals surface area contributed by atoms with Crippen LogP contribution >= 0.6 is 11.3 Å². The second-order valence-electron chi connectivity index (χ2n) is 3.81. The maximum atomic E-state index is 11.7. The molecule has 96 valence electrons. The summed E-state index contributed by atoms with van der Waals surface area (Å²) < 4.78 is 4.52. The van der Waals surface area contributed by atoms with E-state index in [9.17, 15) is 14.4 Å². The van der Waals surface area contributed by atoms with Gasteiger partial charge < -0.3 is 15.4 Å². The minimum Gasteiger partial charge on any atom is -0.467 e.